The molecule has 1 aliphatic rings. The summed E-state index contributed by atoms with van der Waals surface area (Å²) < 4.78 is 46.4. The Hall–Kier alpha value is -1.22. The maximum atomic E-state index is 13.7. The lowest BCUT2D eigenvalue weighted by atomic mass is 10.3. The van der Waals surface area contributed by atoms with E-state index in [9.17, 15) is 12.8 Å². The normalized spacial score (nSPS) is 20.2. The molecule has 0 saturated carbocycles. The van der Waals surface area contributed by atoms with Crippen molar-refractivity contribution in [3.63, 3.8) is 0 Å². The third-order valence-corrected chi connectivity index (χ3v) is 3.59. The van der Waals surface area contributed by atoms with E-state index in [4.69, 9.17) is 14.6 Å². The quantitative estimate of drug-likeness (QED) is 0.832. The highest BCUT2D eigenvalue weighted by molar-refractivity contribution is 7.89. The van der Waals surface area contributed by atoms with E-state index in [-0.39, 0.29) is 16.7 Å². The minimum atomic E-state index is -3.89. The highest BCUT2D eigenvalue weighted by atomic mass is 32.2. The molecule has 1 saturated heterocycles. The van der Waals surface area contributed by atoms with Crippen LogP contribution in [-0.4, -0.2) is 40.9 Å². The number of hydrogen-bond acceptors (Lipinski definition) is 5. The van der Waals surface area contributed by atoms with Gasteiger partial charge < -0.3 is 14.8 Å². The van der Waals surface area contributed by atoms with E-state index in [0.29, 0.717) is 26.4 Å². The number of anilines is 1. The number of ether oxygens (including phenoxy) is 2. The van der Waals surface area contributed by atoms with Gasteiger partial charge in [-0.1, -0.05) is 0 Å². The number of benzene rings is 1. The van der Waals surface area contributed by atoms with Gasteiger partial charge in [0.05, 0.1) is 36.5 Å². The van der Waals surface area contributed by atoms with Gasteiger partial charge >= 0.3 is 0 Å². The first-order valence-electron chi connectivity index (χ1n) is 5.72. The van der Waals surface area contributed by atoms with Crippen LogP contribution in [0.15, 0.2) is 23.1 Å². The fourth-order valence-electron chi connectivity index (χ4n) is 1.69. The van der Waals surface area contributed by atoms with E-state index in [1.165, 1.54) is 12.1 Å². The van der Waals surface area contributed by atoms with E-state index in [1.807, 2.05) is 0 Å². The summed E-state index contributed by atoms with van der Waals surface area (Å²) in [5.74, 6) is -0.678. The van der Waals surface area contributed by atoms with E-state index in [1.54, 1.807) is 0 Å². The topological polar surface area (TPSA) is 90.7 Å². The third kappa shape index (κ3) is 3.87. The molecular formula is C11H15FN2O4S. The average Bonchev–Trinajstić information content (AvgIpc) is 2.37. The van der Waals surface area contributed by atoms with Crippen LogP contribution in [0.5, 0.6) is 0 Å². The molecule has 1 aromatic carbocycles. The third-order valence-electron chi connectivity index (χ3n) is 2.67. The Morgan fingerprint density at radius 3 is 2.79 bits per heavy atom. The smallest absolute Gasteiger partial charge is 0.238 e. The second kappa shape index (κ2) is 5.83. The number of sulfonamides is 1. The number of rotatable bonds is 4. The molecule has 0 aromatic heterocycles. The van der Waals surface area contributed by atoms with Crippen LogP contribution in [0.1, 0.15) is 0 Å². The van der Waals surface area contributed by atoms with Gasteiger partial charge in [0.2, 0.25) is 10.0 Å². The molecule has 3 N–H and O–H groups in total. The summed E-state index contributed by atoms with van der Waals surface area (Å²) in [6, 6.07) is 3.47. The molecule has 1 fully saturated rings. The molecule has 0 radical (unpaired) electrons. The van der Waals surface area contributed by atoms with Crippen LogP contribution >= 0.6 is 0 Å². The van der Waals surface area contributed by atoms with Crippen molar-refractivity contribution in [2.24, 2.45) is 5.14 Å². The minimum Gasteiger partial charge on any atom is -0.380 e. The van der Waals surface area contributed by atoms with Crippen molar-refractivity contribution >= 4 is 15.7 Å². The molecule has 1 heterocycles. The molecule has 106 valence electrons. The van der Waals surface area contributed by atoms with Gasteiger partial charge in [-0.15, -0.1) is 0 Å². The molecule has 19 heavy (non-hydrogen) atoms. The standard InChI is InChI=1S/C11H15FN2O4S/c12-10-5-9(19(13,15)16)1-2-11(10)14-6-8-7-17-3-4-18-8/h1-2,5,8,14H,3-4,6-7H2,(H2,13,15,16). The zero-order valence-electron chi connectivity index (χ0n) is 10.1. The van der Waals surface area contributed by atoms with Crippen molar-refractivity contribution in [1.82, 2.24) is 0 Å². The number of halogens is 1. The van der Waals surface area contributed by atoms with Crippen molar-refractivity contribution in [1.29, 1.82) is 0 Å². The van der Waals surface area contributed by atoms with Crippen LogP contribution < -0.4 is 10.5 Å². The fourth-order valence-corrected chi connectivity index (χ4v) is 2.22. The summed E-state index contributed by atoms with van der Waals surface area (Å²) in [5, 5.41) is 7.76. The second-order valence-electron chi connectivity index (χ2n) is 4.14. The Labute approximate surface area is 110 Å². The molecule has 0 amide bonds. The summed E-state index contributed by atoms with van der Waals surface area (Å²) >= 11 is 0. The number of nitrogens with two attached hydrogens (primary N) is 1. The van der Waals surface area contributed by atoms with Gasteiger partial charge in [0, 0.05) is 6.54 Å². The Morgan fingerprint density at radius 1 is 1.42 bits per heavy atom. The maximum Gasteiger partial charge on any atom is 0.238 e. The molecular weight excluding hydrogens is 275 g/mol. The molecule has 1 unspecified atom stereocenters. The van der Waals surface area contributed by atoms with Gasteiger partial charge in [-0.3, -0.25) is 0 Å². The lowest BCUT2D eigenvalue weighted by Gasteiger charge is -2.23. The second-order valence-corrected chi connectivity index (χ2v) is 5.70. The van der Waals surface area contributed by atoms with E-state index in [2.05, 4.69) is 5.32 Å². The largest absolute Gasteiger partial charge is 0.380 e. The van der Waals surface area contributed by atoms with E-state index < -0.39 is 15.8 Å². The van der Waals surface area contributed by atoms with Gasteiger partial charge in [0.25, 0.3) is 0 Å². The summed E-state index contributed by atoms with van der Waals surface area (Å²) in [6.07, 6.45) is -0.147. The maximum absolute atomic E-state index is 13.7. The highest BCUT2D eigenvalue weighted by Gasteiger charge is 2.16. The molecule has 1 aliphatic heterocycles. The van der Waals surface area contributed by atoms with Crippen LogP contribution in [0.4, 0.5) is 10.1 Å². The monoisotopic (exact) mass is 290 g/mol. The van der Waals surface area contributed by atoms with Gasteiger partial charge in [-0.2, -0.15) is 0 Å². The molecule has 8 heteroatoms. The molecule has 1 atom stereocenters. The van der Waals surface area contributed by atoms with Crippen molar-refractivity contribution in [2.45, 2.75) is 11.0 Å². The minimum absolute atomic E-state index is 0.147. The van der Waals surface area contributed by atoms with Crippen molar-refractivity contribution in [3.8, 4) is 0 Å². The molecule has 0 bridgehead atoms. The number of primary sulfonamides is 1. The Bertz CT molecular complexity index is 544. The Balaban J connectivity index is 2.01. The molecule has 6 nitrogen and oxygen atoms in total. The van der Waals surface area contributed by atoms with Crippen LogP contribution in [0.3, 0.4) is 0 Å². The fraction of sp³-hybridized carbons (Fsp3) is 0.455. The van der Waals surface area contributed by atoms with Gasteiger partial charge in [0.15, 0.2) is 0 Å². The predicted octanol–water partition coefficient (Wildman–Crippen LogP) is 0.300. The van der Waals surface area contributed by atoms with Crippen molar-refractivity contribution in [2.75, 3.05) is 31.7 Å². The van der Waals surface area contributed by atoms with Crippen LogP contribution in [0.25, 0.3) is 0 Å². The van der Waals surface area contributed by atoms with Crippen molar-refractivity contribution in [3.05, 3.63) is 24.0 Å². The first-order valence-corrected chi connectivity index (χ1v) is 7.27. The molecule has 0 aliphatic carbocycles. The average molecular weight is 290 g/mol. The predicted molar refractivity (Wildman–Crippen MR) is 66.8 cm³/mol. The van der Waals surface area contributed by atoms with Crippen LogP contribution in [-0.2, 0) is 19.5 Å². The van der Waals surface area contributed by atoms with Gasteiger partial charge in [0.1, 0.15) is 5.82 Å². The number of hydrogen-bond donors (Lipinski definition) is 2. The Kier molecular flexibility index (Phi) is 4.35. The van der Waals surface area contributed by atoms with E-state index in [0.717, 1.165) is 6.07 Å². The van der Waals surface area contributed by atoms with Crippen LogP contribution in [0.2, 0.25) is 0 Å². The van der Waals surface area contributed by atoms with Gasteiger partial charge in [-0.05, 0) is 18.2 Å². The summed E-state index contributed by atoms with van der Waals surface area (Å²) in [6.45, 7) is 1.91. The summed E-state index contributed by atoms with van der Waals surface area (Å²) in [5.41, 5.74) is 0.196. The molecule has 2 rings (SSSR count). The zero-order chi connectivity index (χ0) is 13.9. The van der Waals surface area contributed by atoms with Crippen LogP contribution in [0, 0.1) is 5.82 Å². The summed E-state index contributed by atoms with van der Waals surface area (Å²) in [7, 11) is -3.89. The van der Waals surface area contributed by atoms with Crippen molar-refractivity contribution < 1.29 is 22.3 Å². The SMILES string of the molecule is NS(=O)(=O)c1ccc(NCC2COCCO2)c(F)c1. The lowest BCUT2D eigenvalue weighted by Crippen LogP contribution is -2.34. The Morgan fingerprint density at radius 2 is 2.21 bits per heavy atom. The number of nitrogens with one attached hydrogen (secondary N) is 1. The lowest BCUT2D eigenvalue weighted by molar-refractivity contribution is -0.0819. The van der Waals surface area contributed by atoms with Gasteiger partial charge in [-0.25, -0.2) is 17.9 Å². The first-order chi connectivity index (χ1) is 8.97. The molecule has 0 spiro atoms. The van der Waals surface area contributed by atoms with E-state index >= 15 is 0 Å². The molecule has 1 aromatic rings. The first kappa shape index (κ1) is 14.2. The highest BCUT2D eigenvalue weighted by Crippen LogP contribution is 2.18. The zero-order valence-corrected chi connectivity index (χ0v) is 11.0. The summed E-state index contributed by atoms with van der Waals surface area (Å²) in [4.78, 5) is -0.257.